The average Bonchev–Trinajstić information content (AvgIpc) is 3.49. The Balaban J connectivity index is 1.43. The maximum Gasteiger partial charge on any atom is 0.260 e. The first-order valence-electron chi connectivity index (χ1n) is 15.4. The van der Waals surface area contributed by atoms with Crippen molar-refractivity contribution in [2.45, 2.75) is 18.3 Å². The molecule has 0 spiro atoms. The minimum absolute atomic E-state index is 0.0285. The topological polar surface area (TPSA) is 134 Å². The van der Waals surface area contributed by atoms with E-state index in [9.17, 15) is 19.5 Å². The van der Waals surface area contributed by atoms with Crippen LogP contribution in [0.5, 0.6) is 17.2 Å². The highest BCUT2D eigenvalue weighted by Crippen LogP contribution is 2.61. The largest absolute Gasteiger partial charge is 0.504 e. The Bertz CT molecular complexity index is 1930. The molecule has 3 N–H and O–H groups in total. The van der Waals surface area contributed by atoms with Crippen LogP contribution in [-0.4, -0.2) is 48.0 Å². The predicted molar refractivity (Wildman–Crippen MR) is 178 cm³/mol. The molecule has 246 valence electrons. The SMILES string of the molecule is COc1ccc([C@@]23C(=O)N(Nc4ccc(Cl)cc4Cl)C(=O)[C@@H]2C[C@@H]2C(=CC[C@@H]4C(=O)NC(=O)[C@@H]42)[C@@H]3C=Cc2ccc(O)c(OC)c2)cc1. The van der Waals surface area contributed by atoms with Gasteiger partial charge in [0.15, 0.2) is 11.5 Å². The molecule has 2 heterocycles. The fourth-order valence-corrected chi connectivity index (χ4v) is 8.46. The van der Waals surface area contributed by atoms with E-state index in [1.807, 2.05) is 18.2 Å². The van der Waals surface area contributed by atoms with Gasteiger partial charge in [-0.3, -0.25) is 29.9 Å². The highest BCUT2D eigenvalue weighted by molar-refractivity contribution is 6.36. The number of nitrogens with one attached hydrogen (secondary N) is 2. The van der Waals surface area contributed by atoms with Crippen LogP contribution in [0.4, 0.5) is 5.69 Å². The lowest BCUT2D eigenvalue weighted by molar-refractivity contribution is -0.139. The van der Waals surface area contributed by atoms with E-state index in [-0.39, 0.29) is 34.8 Å². The lowest BCUT2D eigenvalue weighted by atomic mass is 9.50. The van der Waals surface area contributed by atoms with Crippen LogP contribution in [0.25, 0.3) is 6.08 Å². The number of hydrogen-bond acceptors (Lipinski definition) is 8. The van der Waals surface area contributed by atoms with Crippen molar-refractivity contribution in [2.75, 3.05) is 19.6 Å². The molecule has 3 fully saturated rings. The minimum Gasteiger partial charge on any atom is -0.504 e. The number of phenolic OH excluding ortho intramolecular Hbond substituents is 1. The Morgan fingerprint density at radius 3 is 2.44 bits per heavy atom. The number of hydrazine groups is 1. The number of hydrogen-bond donors (Lipinski definition) is 3. The van der Waals surface area contributed by atoms with Crippen molar-refractivity contribution >= 4 is 58.6 Å². The van der Waals surface area contributed by atoms with Crippen molar-refractivity contribution in [3.05, 3.63) is 99.6 Å². The lowest BCUT2D eigenvalue weighted by Gasteiger charge is -2.49. The molecule has 7 rings (SSSR count). The molecular weight excluding hydrogens is 657 g/mol. The van der Waals surface area contributed by atoms with Gasteiger partial charge in [0.25, 0.3) is 11.8 Å². The van der Waals surface area contributed by atoms with Crippen LogP contribution in [0, 0.1) is 29.6 Å². The Morgan fingerprint density at radius 1 is 0.958 bits per heavy atom. The van der Waals surface area contributed by atoms with Gasteiger partial charge in [-0.15, -0.1) is 0 Å². The molecule has 0 radical (unpaired) electrons. The monoisotopic (exact) mass is 687 g/mol. The highest BCUT2D eigenvalue weighted by Gasteiger charge is 2.69. The third kappa shape index (κ3) is 4.85. The summed E-state index contributed by atoms with van der Waals surface area (Å²) in [6.45, 7) is 0. The Labute approximate surface area is 286 Å². The van der Waals surface area contributed by atoms with Gasteiger partial charge in [-0.1, -0.05) is 65.2 Å². The number of phenols is 1. The quantitative estimate of drug-likeness (QED) is 0.218. The zero-order valence-electron chi connectivity index (χ0n) is 25.9. The van der Waals surface area contributed by atoms with Gasteiger partial charge in [-0.25, -0.2) is 0 Å². The molecule has 3 aromatic rings. The zero-order chi connectivity index (χ0) is 33.9. The number of nitrogens with zero attached hydrogens (tertiary/aromatic N) is 1. The van der Waals surface area contributed by atoms with Gasteiger partial charge < -0.3 is 14.6 Å². The van der Waals surface area contributed by atoms with Crippen LogP contribution in [0.3, 0.4) is 0 Å². The maximum absolute atomic E-state index is 15.1. The number of carbonyl (C=O) groups excluding carboxylic acids is 4. The summed E-state index contributed by atoms with van der Waals surface area (Å²) in [4.78, 5) is 55.7. The van der Waals surface area contributed by atoms with Gasteiger partial charge in [-0.2, -0.15) is 5.01 Å². The molecule has 2 aliphatic carbocycles. The number of halogens is 2. The summed E-state index contributed by atoms with van der Waals surface area (Å²) >= 11 is 12.6. The Kier molecular flexibility index (Phi) is 7.96. The summed E-state index contributed by atoms with van der Waals surface area (Å²) in [7, 11) is 2.99. The van der Waals surface area contributed by atoms with Crippen LogP contribution >= 0.6 is 23.2 Å². The number of allylic oxidation sites excluding steroid dienone is 3. The van der Waals surface area contributed by atoms with Crippen LogP contribution in [-0.2, 0) is 24.6 Å². The number of benzene rings is 3. The number of imide groups is 2. The van der Waals surface area contributed by atoms with Crippen molar-refractivity contribution in [3.63, 3.8) is 0 Å². The number of rotatable bonds is 7. The molecule has 4 amide bonds. The molecule has 0 aromatic heterocycles. The van der Waals surface area contributed by atoms with Gasteiger partial charge in [-0.05, 0) is 72.4 Å². The van der Waals surface area contributed by atoms with E-state index in [1.54, 1.807) is 55.6 Å². The average molecular weight is 689 g/mol. The first kappa shape index (κ1) is 31.8. The molecular formula is C36H31Cl2N3O7. The standard InChI is InChI=1S/C36H31Cl2N3O7/c1-47-21-8-5-19(6-9-21)36-25(12-3-18-4-14-29(42)30(15-18)48-2)22-10-11-23-31(33(44)39-32(23)43)24(22)17-26(36)34(45)41(35(36)46)40-28-13-7-20(37)16-27(28)38/h3-10,12-16,23-26,31,40,42H,11,17H2,1-2H3,(H,39,43,44)/t23-,24+,25-,26-,31-,36-/m0/s1. The third-order valence-corrected chi connectivity index (χ3v) is 10.7. The number of carbonyl (C=O) groups is 4. The van der Waals surface area contributed by atoms with Crippen molar-refractivity contribution < 1.29 is 33.8 Å². The molecule has 2 aliphatic heterocycles. The number of amides is 4. The molecule has 2 saturated heterocycles. The first-order valence-corrected chi connectivity index (χ1v) is 16.2. The van der Waals surface area contributed by atoms with E-state index < -0.39 is 46.8 Å². The number of fused-ring (bicyclic) bond motifs is 4. The van der Waals surface area contributed by atoms with Crippen LogP contribution in [0.1, 0.15) is 24.0 Å². The molecule has 12 heteroatoms. The summed E-state index contributed by atoms with van der Waals surface area (Å²) < 4.78 is 10.7. The summed E-state index contributed by atoms with van der Waals surface area (Å²) in [5.41, 5.74) is 3.89. The predicted octanol–water partition coefficient (Wildman–Crippen LogP) is 5.53. The van der Waals surface area contributed by atoms with Gasteiger partial charge in [0.1, 0.15) is 5.75 Å². The van der Waals surface area contributed by atoms with E-state index in [0.29, 0.717) is 34.0 Å². The fourth-order valence-electron chi connectivity index (χ4n) is 8.01. The molecule has 6 atom stereocenters. The summed E-state index contributed by atoms with van der Waals surface area (Å²) in [5, 5.41) is 14.3. The summed E-state index contributed by atoms with van der Waals surface area (Å²) in [6, 6.07) is 16.6. The molecule has 0 bridgehead atoms. The number of aromatic hydroxyl groups is 1. The van der Waals surface area contributed by atoms with E-state index in [4.69, 9.17) is 32.7 Å². The molecule has 3 aromatic carbocycles. The van der Waals surface area contributed by atoms with Crippen LogP contribution in [0.2, 0.25) is 10.0 Å². The van der Waals surface area contributed by atoms with Crippen molar-refractivity contribution in [1.29, 1.82) is 0 Å². The van der Waals surface area contributed by atoms with Crippen LogP contribution < -0.4 is 20.2 Å². The maximum atomic E-state index is 15.1. The van der Waals surface area contributed by atoms with Crippen molar-refractivity contribution in [2.24, 2.45) is 29.6 Å². The second-order valence-corrected chi connectivity index (χ2v) is 13.2. The Morgan fingerprint density at radius 2 is 1.73 bits per heavy atom. The summed E-state index contributed by atoms with van der Waals surface area (Å²) in [6.07, 6.45) is 6.13. The molecule has 0 unspecified atom stereocenters. The second-order valence-electron chi connectivity index (χ2n) is 12.4. The van der Waals surface area contributed by atoms with Crippen LogP contribution in [0.15, 0.2) is 78.4 Å². The normalized spacial score (nSPS) is 27.7. The Hall–Kier alpha value is -4.80. The number of ether oxygens (including phenoxy) is 2. The fraction of sp³-hybridized carbons (Fsp3) is 0.278. The van der Waals surface area contributed by atoms with E-state index >= 15 is 4.79 Å². The lowest BCUT2D eigenvalue weighted by Crippen LogP contribution is -2.54. The van der Waals surface area contributed by atoms with E-state index in [0.717, 1.165) is 10.6 Å². The molecule has 1 saturated carbocycles. The smallest absolute Gasteiger partial charge is 0.260 e. The van der Waals surface area contributed by atoms with Gasteiger partial charge in [0.2, 0.25) is 11.8 Å². The molecule has 10 nitrogen and oxygen atoms in total. The van der Waals surface area contributed by atoms with Gasteiger partial charge in [0, 0.05) is 10.9 Å². The van der Waals surface area contributed by atoms with Gasteiger partial charge >= 0.3 is 0 Å². The zero-order valence-corrected chi connectivity index (χ0v) is 27.4. The molecule has 48 heavy (non-hydrogen) atoms. The third-order valence-electron chi connectivity index (χ3n) is 10.2. The first-order chi connectivity index (χ1) is 23.1. The highest BCUT2D eigenvalue weighted by atomic mass is 35.5. The second kappa shape index (κ2) is 12.0. The van der Waals surface area contributed by atoms with Crippen molar-refractivity contribution in [3.8, 4) is 17.2 Å². The number of methoxy groups -OCH3 is 2. The van der Waals surface area contributed by atoms with Crippen molar-refractivity contribution in [1.82, 2.24) is 10.3 Å². The van der Waals surface area contributed by atoms with Gasteiger partial charge in [0.05, 0.1) is 48.1 Å². The molecule has 4 aliphatic rings. The summed E-state index contributed by atoms with van der Waals surface area (Å²) in [5.74, 6) is -4.23. The van der Waals surface area contributed by atoms with E-state index in [1.165, 1.54) is 19.2 Å². The van der Waals surface area contributed by atoms with E-state index in [2.05, 4.69) is 10.7 Å². The number of anilines is 1. The minimum atomic E-state index is -1.46.